The molecule has 0 heterocycles. The Balaban J connectivity index is 2.11. The van der Waals surface area contributed by atoms with Crippen molar-refractivity contribution in [3.63, 3.8) is 0 Å². The van der Waals surface area contributed by atoms with Crippen LogP contribution in [0.4, 0.5) is 10.1 Å². The number of hydrogen-bond acceptors (Lipinski definition) is 3. The molecule has 0 saturated heterocycles. The Morgan fingerprint density at radius 2 is 1.67 bits per heavy atom. The molecule has 3 aromatic carbocycles. The van der Waals surface area contributed by atoms with E-state index in [-0.39, 0.29) is 5.56 Å². The van der Waals surface area contributed by atoms with Crippen molar-refractivity contribution in [2.75, 3.05) is 5.73 Å². The van der Waals surface area contributed by atoms with E-state index in [2.05, 4.69) is 0 Å². The quantitative estimate of drug-likeness (QED) is 0.714. The molecule has 0 aliphatic heterocycles. The summed E-state index contributed by atoms with van der Waals surface area (Å²) in [6.07, 6.45) is 0. The third-order valence-corrected chi connectivity index (χ3v) is 3.20. The summed E-state index contributed by atoms with van der Waals surface area (Å²) in [5.41, 5.74) is 6.74. The molecule has 102 valence electrons. The molecule has 0 unspecified atom stereocenters. The lowest BCUT2D eigenvalue weighted by molar-refractivity contribution is 0.484. The van der Waals surface area contributed by atoms with Gasteiger partial charge in [-0.1, -0.05) is 24.3 Å². The largest absolute Gasteiger partial charge is 0.455 e. The zero-order valence-electron chi connectivity index (χ0n) is 11.0. The van der Waals surface area contributed by atoms with E-state index in [0.29, 0.717) is 17.2 Å². The minimum atomic E-state index is -0.471. The molecule has 3 aromatic rings. The van der Waals surface area contributed by atoms with E-state index in [0.717, 1.165) is 16.8 Å². The van der Waals surface area contributed by atoms with Crippen molar-refractivity contribution in [1.82, 2.24) is 0 Å². The summed E-state index contributed by atoms with van der Waals surface area (Å²) in [5.74, 6) is 0.415. The van der Waals surface area contributed by atoms with Crippen molar-refractivity contribution in [3.8, 4) is 17.6 Å². The number of nitrogens with two attached hydrogens (primary N) is 1. The first kappa shape index (κ1) is 12.9. The third kappa shape index (κ3) is 2.37. The van der Waals surface area contributed by atoms with Gasteiger partial charge in [-0.2, -0.15) is 5.26 Å². The average molecular weight is 278 g/mol. The molecule has 3 nitrogen and oxygen atoms in total. The number of fused-ring (bicyclic) bond motifs is 1. The van der Waals surface area contributed by atoms with Crippen LogP contribution in [-0.4, -0.2) is 0 Å². The topological polar surface area (TPSA) is 59.0 Å². The first-order valence-corrected chi connectivity index (χ1v) is 6.34. The summed E-state index contributed by atoms with van der Waals surface area (Å²) in [5, 5.41) is 10.8. The molecule has 4 heteroatoms. The van der Waals surface area contributed by atoms with Gasteiger partial charge in [0.25, 0.3) is 0 Å². The lowest BCUT2D eigenvalue weighted by Gasteiger charge is -2.11. The van der Waals surface area contributed by atoms with Gasteiger partial charge in [-0.3, -0.25) is 0 Å². The molecule has 0 spiro atoms. The van der Waals surface area contributed by atoms with Crippen LogP contribution in [0.15, 0.2) is 54.6 Å². The Hall–Kier alpha value is -3.06. The molecule has 0 atom stereocenters. The van der Waals surface area contributed by atoms with Gasteiger partial charge in [0.05, 0.1) is 5.56 Å². The molecule has 0 amide bonds. The maximum atomic E-state index is 13.2. The molecule has 0 radical (unpaired) electrons. The minimum absolute atomic E-state index is 0.149. The highest BCUT2D eigenvalue weighted by Gasteiger charge is 2.09. The van der Waals surface area contributed by atoms with E-state index < -0.39 is 5.82 Å². The van der Waals surface area contributed by atoms with E-state index in [1.165, 1.54) is 12.1 Å². The van der Waals surface area contributed by atoms with Crippen LogP contribution in [0.3, 0.4) is 0 Å². The molecule has 0 saturated carbocycles. The van der Waals surface area contributed by atoms with Crippen LogP contribution in [0.1, 0.15) is 5.56 Å². The number of rotatable bonds is 2. The fraction of sp³-hybridized carbons (Fsp3) is 0. The van der Waals surface area contributed by atoms with Crippen molar-refractivity contribution in [2.24, 2.45) is 0 Å². The predicted molar refractivity (Wildman–Crippen MR) is 79.5 cm³/mol. The van der Waals surface area contributed by atoms with Crippen LogP contribution in [-0.2, 0) is 0 Å². The minimum Gasteiger partial charge on any atom is -0.455 e. The summed E-state index contributed by atoms with van der Waals surface area (Å²) in [6.45, 7) is 0. The molecule has 0 aliphatic rings. The number of anilines is 1. The van der Waals surface area contributed by atoms with Gasteiger partial charge in [0.2, 0.25) is 0 Å². The average Bonchev–Trinajstić information content (AvgIpc) is 2.52. The van der Waals surface area contributed by atoms with Crippen molar-refractivity contribution >= 4 is 16.5 Å². The molecule has 0 aliphatic carbocycles. The SMILES string of the molecule is N#Cc1cc(F)ccc1Oc1ccc(N)c2ccccc12. The number of nitrogen functional groups attached to an aromatic ring is 1. The number of benzene rings is 3. The second-order valence-corrected chi connectivity index (χ2v) is 4.55. The van der Waals surface area contributed by atoms with Gasteiger partial charge in [-0.15, -0.1) is 0 Å². The van der Waals surface area contributed by atoms with Crippen LogP contribution in [0.5, 0.6) is 11.5 Å². The van der Waals surface area contributed by atoms with Crippen molar-refractivity contribution < 1.29 is 9.13 Å². The smallest absolute Gasteiger partial charge is 0.145 e. The standard InChI is InChI=1S/C17H11FN2O/c18-12-5-7-16(11(9-12)10-19)21-17-8-6-15(20)13-3-1-2-4-14(13)17/h1-9H,20H2. The first-order chi connectivity index (χ1) is 10.2. The Bertz CT molecular complexity index is 868. The van der Waals surface area contributed by atoms with Crippen molar-refractivity contribution in [1.29, 1.82) is 5.26 Å². The zero-order valence-corrected chi connectivity index (χ0v) is 11.0. The predicted octanol–water partition coefficient (Wildman–Crippen LogP) is 4.23. The van der Waals surface area contributed by atoms with Gasteiger partial charge < -0.3 is 10.5 Å². The van der Waals surface area contributed by atoms with Gasteiger partial charge >= 0.3 is 0 Å². The number of halogens is 1. The Kier molecular flexibility index (Phi) is 3.17. The van der Waals surface area contributed by atoms with E-state index >= 15 is 0 Å². The van der Waals surface area contributed by atoms with Crippen molar-refractivity contribution in [3.05, 3.63) is 66.0 Å². The maximum absolute atomic E-state index is 13.2. The Labute approximate surface area is 121 Å². The van der Waals surface area contributed by atoms with Crippen LogP contribution < -0.4 is 10.5 Å². The second kappa shape index (κ2) is 5.14. The molecular formula is C17H11FN2O. The van der Waals surface area contributed by atoms with Gasteiger partial charge in [-0.05, 0) is 30.3 Å². The second-order valence-electron chi connectivity index (χ2n) is 4.55. The fourth-order valence-corrected chi connectivity index (χ4v) is 2.18. The van der Waals surface area contributed by atoms with E-state index in [4.69, 9.17) is 15.7 Å². The molecule has 2 N–H and O–H groups in total. The normalized spacial score (nSPS) is 10.3. The molecule has 0 bridgehead atoms. The van der Waals surface area contributed by atoms with Gasteiger partial charge in [-0.25, -0.2) is 4.39 Å². The maximum Gasteiger partial charge on any atom is 0.145 e. The fourth-order valence-electron chi connectivity index (χ4n) is 2.18. The number of nitriles is 1. The summed E-state index contributed by atoms with van der Waals surface area (Å²) < 4.78 is 18.9. The van der Waals surface area contributed by atoms with Gasteiger partial charge in [0.1, 0.15) is 23.4 Å². The summed E-state index contributed by atoms with van der Waals surface area (Å²) >= 11 is 0. The van der Waals surface area contributed by atoms with E-state index in [1.807, 2.05) is 30.3 Å². The summed E-state index contributed by atoms with van der Waals surface area (Å²) in [6, 6.07) is 16.8. The lowest BCUT2D eigenvalue weighted by atomic mass is 10.1. The molecule has 21 heavy (non-hydrogen) atoms. The lowest BCUT2D eigenvalue weighted by Crippen LogP contribution is -1.93. The molecule has 3 rings (SSSR count). The number of nitrogens with zero attached hydrogens (tertiary/aromatic N) is 1. The number of ether oxygens (including phenoxy) is 1. The highest BCUT2D eigenvalue weighted by molar-refractivity contribution is 5.97. The van der Waals surface area contributed by atoms with Crippen molar-refractivity contribution in [2.45, 2.75) is 0 Å². The monoisotopic (exact) mass is 278 g/mol. The van der Waals surface area contributed by atoms with Gasteiger partial charge in [0.15, 0.2) is 0 Å². The van der Waals surface area contributed by atoms with E-state index in [1.54, 1.807) is 12.1 Å². The van der Waals surface area contributed by atoms with Crippen LogP contribution in [0.25, 0.3) is 10.8 Å². The first-order valence-electron chi connectivity index (χ1n) is 6.34. The molecular weight excluding hydrogens is 267 g/mol. The molecule has 0 fully saturated rings. The molecule has 0 aromatic heterocycles. The Morgan fingerprint density at radius 3 is 2.43 bits per heavy atom. The van der Waals surface area contributed by atoms with Crippen LogP contribution in [0, 0.1) is 17.1 Å². The van der Waals surface area contributed by atoms with Crippen LogP contribution in [0.2, 0.25) is 0 Å². The van der Waals surface area contributed by atoms with Crippen LogP contribution >= 0.6 is 0 Å². The zero-order chi connectivity index (χ0) is 14.8. The number of hydrogen-bond donors (Lipinski definition) is 1. The summed E-state index contributed by atoms with van der Waals surface area (Å²) in [4.78, 5) is 0. The summed E-state index contributed by atoms with van der Waals surface area (Å²) in [7, 11) is 0. The highest BCUT2D eigenvalue weighted by atomic mass is 19.1. The van der Waals surface area contributed by atoms with Gasteiger partial charge in [0, 0.05) is 16.5 Å². The highest BCUT2D eigenvalue weighted by Crippen LogP contribution is 2.34. The third-order valence-electron chi connectivity index (χ3n) is 3.20. The van der Waals surface area contributed by atoms with E-state index in [9.17, 15) is 4.39 Å². The Morgan fingerprint density at radius 1 is 0.952 bits per heavy atom.